The number of aryl methyl sites for hydroxylation is 1. The summed E-state index contributed by atoms with van der Waals surface area (Å²) in [5, 5.41) is 0. The van der Waals surface area contributed by atoms with Gasteiger partial charge in [0.1, 0.15) is 11.5 Å². The van der Waals surface area contributed by atoms with Gasteiger partial charge in [0.15, 0.2) is 0 Å². The van der Waals surface area contributed by atoms with Gasteiger partial charge in [-0.15, -0.1) is 0 Å². The number of hydrogen-bond donors (Lipinski definition) is 1. The Labute approximate surface area is 142 Å². The molecule has 24 heavy (non-hydrogen) atoms. The summed E-state index contributed by atoms with van der Waals surface area (Å²) in [6.45, 7) is 5.63. The fraction of sp³-hybridized carbons (Fsp3) is 0.353. The molecule has 1 heterocycles. The van der Waals surface area contributed by atoms with Gasteiger partial charge in [-0.1, -0.05) is 6.07 Å². The molecule has 0 aliphatic carbocycles. The first-order chi connectivity index (χ1) is 11.2. The van der Waals surface area contributed by atoms with Gasteiger partial charge in [0, 0.05) is 18.7 Å². The highest BCUT2D eigenvalue weighted by atomic mass is 32.2. The molecule has 0 fully saturated rings. The number of nitrogens with zero attached hydrogens (tertiary/aromatic N) is 1. The zero-order chi connectivity index (χ0) is 17.9. The average Bonchev–Trinajstić information content (AvgIpc) is 2.90. The van der Waals surface area contributed by atoms with Crippen molar-refractivity contribution < 1.29 is 17.6 Å². The van der Waals surface area contributed by atoms with Gasteiger partial charge in [0.05, 0.1) is 11.4 Å². The molecular formula is C17H22N2O4S. The van der Waals surface area contributed by atoms with E-state index in [1.54, 1.807) is 33.0 Å². The largest absolute Gasteiger partial charge is 0.464 e. The Bertz CT molecular complexity index is 825. The average molecular weight is 350 g/mol. The van der Waals surface area contributed by atoms with E-state index in [1.165, 1.54) is 17.0 Å². The van der Waals surface area contributed by atoms with Gasteiger partial charge in [0.25, 0.3) is 5.91 Å². The number of rotatable bonds is 6. The van der Waals surface area contributed by atoms with Crippen LogP contribution < -0.4 is 4.72 Å². The lowest BCUT2D eigenvalue weighted by Gasteiger charge is -2.16. The van der Waals surface area contributed by atoms with E-state index in [4.69, 9.17) is 4.42 Å². The summed E-state index contributed by atoms with van der Waals surface area (Å²) in [6.07, 6.45) is 0. The standard InChI is InChI=1S/C17H22N2O4S/c1-12(2)18-24(21,22)16-7-5-6-14(10-16)17(20)19(4)11-15-9-8-13(3)23-15/h5-10,12,18H,11H2,1-4H3. The first-order valence-corrected chi connectivity index (χ1v) is 9.10. The molecule has 0 bridgehead atoms. The van der Waals surface area contributed by atoms with E-state index >= 15 is 0 Å². The summed E-state index contributed by atoms with van der Waals surface area (Å²) in [6, 6.07) is 9.44. The van der Waals surface area contributed by atoms with Gasteiger partial charge in [-0.25, -0.2) is 13.1 Å². The van der Waals surface area contributed by atoms with Crippen LogP contribution in [0, 0.1) is 6.92 Å². The van der Waals surface area contributed by atoms with Gasteiger partial charge in [-0.05, 0) is 51.1 Å². The topological polar surface area (TPSA) is 79.6 Å². The van der Waals surface area contributed by atoms with E-state index in [0.717, 1.165) is 5.76 Å². The normalized spacial score (nSPS) is 11.7. The van der Waals surface area contributed by atoms with Crippen molar-refractivity contribution in [1.82, 2.24) is 9.62 Å². The van der Waals surface area contributed by atoms with Crippen molar-refractivity contribution in [1.29, 1.82) is 0 Å². The monoisotopic (exact) mass is 350 g/mol. The molecule has 1 aromatic carbocycles. The summed E-state index contributed by atoms with van der Waals surface area (Å²) in [7, 11) is -1.99. The lowest BCUT2D eigenvalue weighted by Crippen LogP contribution is -2.31. The molecule has 130 valence electrons. The molecule has 0 unspecified atom stereocenters. The van der Waals surface area contributed by atoms with Crippen molar-refractivity contribution >= 4 is 15.9 Å². The van der Waals surface area contributed by atoms with Crippen molar-refractivity contribution in [3.05, 3.63) is 53.5 Å². The van der Waals surface area contributed by atoms with Crippen LogP contribution in [0.3, 0.4) is 0 Å². The fourth-order valence-corrected chi connectivity index (χ4v) is 3.57. The minimum absolute atomic E-state index is 0.0734. The molecule has 0 spiro atoms. The van der Waals surface area contributed by atoms with Gasteiger partial charge < -0.3 is 9.32 Å². The van der Waals surface area contributed by atoms with E-state index in [0.29, 0.717) is 17.9 Å². The third-order valence-electron chi connectivity index (χ3n) is 3.32. The zero-order valence-electron chi connectivity index (χ0n) is 14.2. The summed E-state index contributed by atoms with van der Waals surface area (Å²) in [5.74, 6) is 1.18. The molecule has 6 nitrogen and oxygen atoms in total. The van der Waals surface area contributed by atoms with Crippen LogP contribution in [0.2, 0.25) is 0 Å². The molecule has 0 saturated heterocycles. The summed E-state index contributed by atoms with van der Waals surface area (Å²) >= 11 is 0. The molecule has 7 heteroatoms. The van der Waals surface area contributed by atoms with Crippen LogP contribution in [-0.2, 0) is 16.6 Å². The first kappa shape index (κ1) is 18.2. The fourth-order valence-electron chi connectivity index (χ4n) is 2.27. The molecule has 0 aliphatic heterocycles. The number of sulfonamides is 1. The zero-order valence-corrected chi connectivity index (χ0v) is 15.1. The number of benzene rings is 1. The van der Waals surface area contributed by atoms with Crippen molar-refractivity contribution in [2.75, 3.05) is 7.05 Å². The molecule has 2 rings (SSSR count). The summed E-state index contributed by atoms with van der Waals surface area (Å²) in [4.78, 5) is 14.1. The highest BCUT2D eigenvalue weighted by Gasteiger charge is 2.19. The van der Waals surface area contributed by atoms with Crippen molar-refractivity contribution in [3.63, 3.8) is 0 Å². The van der Waals surface area contributed by atoms with E-state index in [9.17, 15) is 13.2 Å². The van der Waals surface area contributed by atoms with E-state index in [-0.39, 0.29) is 16.8 Å². The van der Waals surface area contributed by atoms with Gasteiger partial charge in [-0.3, -0.25) is 4.79 Å². The van der Waals surface area contributed by atoms with Crippen LogP contribution in [0.4, 0.5) is 0 Å². The van der Waals surface area contributed by atoms with E-state index < -0.39 is 10.0 Å². The second-order valence-electron chi connectivity index (χ2n) is 5.98. The Hall–Kier alpha value is -2.12. The van der Waals surface area contributed by atoms with Crippen molar-refractivity contribution in [2.24, 2.45) is 0 Å². The number of nitrogens with one attached hydrogen (secondary N) is 1. The van der Waals surface area contributed by atoms with Gasteiger partial charge in [-0.2, -0.15) is 0 Å². The molecule has 1 amide bonds. The first-order valence-electron chi connectivity index (χ1n) is 7.62. The van der Waals surface area contributed by atoms with Crippen LogP contribution in [0.5, 0.6) is 0 Å². The molecule has 1 aromatic heterocycles. The third kappa shape index (κ3) is 4.46. The Morgan fingerprint density at radius 1 is 1.25 bits per heavy atom. The SMILES string of the molecule is Cc1ccc(CN(C)C(=O)c2cccc(S(=O)(=O)NC(C)C)c2)o1. The smallest absolute Gasteiger partial charge is 0.254 e. The molecule has 0 atom stereocenters. The Morgan fingerprint density at radius 2 is 1.96 bits per heavy atom. The number of amides is 1. The van der Waals surface area contributed by atoms with Crippen LogP contribution in [-0.4, -0.2) is 32.3 Å². The lowest BCUT2D eigenvalue weighted by atomic mass is 10.2. The molecule has 2 aromatic rings. The minimum Gasteiger partial charge on any atom is -0.464 e. The predicted octanol–water partition coefficient (Wildman–Crippen LogP) is 2.55. The third-order valence-corrected chi connectivity index (χ3v) is 4.97. The molecule has 0 radical (unpaired) electrons. The van der Waals surface area contributed by atoms with E-state index in [1.807, 2.05) is 19.1 Å². The van der Waals surface area contributed by atoms with Crippen molar-refractivity contribution in [2.45, 2.75) is 38.3 Å². The molecular weight excluding hydrogens is 328 g/mol. The van der Waals surface area contributed by atoms with Crippen LogP contribution >= 0.6 is 0 Å². The highest BCUT2D eigenvalue weighted by Crippen LogP contribution is 2.15. The lowest BCUT2D eigenvalue weighted by molar-refractivity contribution is 0.0774. The van der Waals surface area contributed by atoms with Crippen molar-refractivity contribution in [3.8, 4) is 0 Å². The number of hydrogen-bond acceptors (Lipinski definition) is 4. The Kier molecular flexibility index (Phi) is 5.46. The van der Waals surface area contributed by atoms with E-state index in [2.05, 4.69) is 4.72 Å². The van der Waals surface area contributed by atoms with Crippen LogP contribution in [0.15, 0.2) is 45.7 Å². The predicted molar refractivity (Wildman–Crippen MR) is 91.1 cm³/mol. The Morgan fingerprint density at radius 3 is 2.54 bits per heavy atom. The van der Waals surface area contributed by atoms with Crippen LogP contribution in [0.1, 0.15) is 35.7 Å². The highest BCUT2D eigenvalue weighted by molar-refractivity contribution is 7.89. The number of carbonyl (C=O) groups excluding carboxylic acids is 1. The maximum absolute atomic E-state index is 12.5. The second-order valence-corrected chi connectivity index (χ2v) is 7.69. The molecule has 0 aliphatic rings. The maximum atomic E-state index is 12.5. The second kappa shape index (κ2) is 7.19. The maximum Gasteiger partial charge on any atom is 0.254 e. The quantitative estimate of drug-likeness (QED) is 0.868. The summed E-state index contributed by atoms with van der Waals surface area (Å²) < 4.78 is 32.4. The van der Waals surface area contributed by atoms with Gasteiger partial charge >= 0.3 is 0 Å². The Balaban J connectivity index is 2.19. The molecule has 1 N–H and O–H groups in total. The number of carbonyl (C=O) groups is 1. The van der Waals surface area contributed by atoms with Crippen LogP contribution in [0.25, 0.3) is 0 Å². The summed E-state index contributed by atoms with van der Waals surface area (Å²) in [5.41, 5.74) is 0.312. The number of furan rings is 1. The molecule has 0 saturated carbocycles. The van der Waals surface area contributed by atoms with Gasteiger partial charge in [0.2, 0.25) is 10.0 Å². The minimum atomic E-state index is -3.64.